The Kier molecular flexibility index (Phi) is 4.77. The van der Waals surface area contributed by atoms with Gasteiger partial charge in [0.25, 0.3) is 0 Å². The number of carbonyl (C=O) groups is 1. The monoisotopic (exact) mass is 412 g/mol. The van der Waals surface area contributed by atoms with Crippen LogP contribution in [-0.2, 0) is 6.18 Å². The van der Waals surface area contributed by atoms with Crippen LogP contribution in [0.25, 0.3) is 11.1 Å². The van der Waals surface area contributed by atoms with Crippen molar-refractivity contribution in [3.63, 3.8) is 0 Å². The lowest BCUT2D eigenvalue weighted by Crippen LogP contribution is -2.28. The summed E-state index contributed by atoms with van der Waals surface area (Å²) in [6.45, 7) is 2.52. The molecule has 2 amide bonds. The minimum atomic E-state index is -4.38. The van der Waals surface area contributed by atoms with Gasteiger partial charge in [0.1, 0.15) is 0 Å². The third-order valence-corrected chi connectivity index (χ3v) is 4.91. The number of carbonyl (C=O) groups excluding carboxylic acids is 1. The molecule has 0 aliphatic carbocycles. The number of nitrogens with zero attached hydrogens (tertiary/aromatic N) is 1. The van der Waals surface area contributed by atoms with E-state index >= 15 is 0 Å². The van der Waals surface area contributed by atoms with Crippen molar-refractivity contribution >= 4 is 27.6 Å². The van der Waals surface area contributed by atoms with Crippen LogP contribution in [0, 0.1) is 0 Å². The summed E-state index contributed by atoms with van der Waals surface area (Å²) in [5.74, 6) is 0. The number of hydrogen-bond donors (Lipinski definition) is 1. The maximum Gasteiger partial charge on any atom is 0.416 e. The number of anilines is 1. The van der Waals surface area contributed by atoms with Gasteiger partial charge < -0.3 is 5.32 Å². The standard InChI is InChI=1S/C18H16BrF3N2O/c1-2-13-10-24(17(25)23-13)15-5-3-4-14(19)16(15)11-6-8-12(9-7-11)18(20,21)22/h3-9,13H,2,10H2,1H3,(H,23,25). The van der Waals surface area contributed by atoms with Gasteiger partial charge in [-0.2, -0.15) is 13.2 Å². The van der Waals surface area contributed by atoms with Crippen molar-refractivity contribution in [3.05, 3.63) is 52.5 Å². The molecule has 1 unspecified atom stereocenters. The smallest absolute Gasteiger partial charge is 0.333 e. The van der Waals surface area contributed by atoms with Crippen molar-refractivity contribution in [3.8, 4) is 11.1 Å². The van der Waals surface area contributed by atoms with E-state index in [1.165, 1.54) is 12.1 Å². The first-order valence-electron chi connectivity index (χ1n) is 7.85. The van der Waals surface area contributed by atoms with E-state index in [1.807, 2.05) is 13.0 Å². The van der Waals surface area contributed by atoms with E-state index < -0.39 is 11.7 Å². The van der Waals surface area contributed by atoms with Gasteiger partial charge in [0.2, 0.25) is 0 Å². The maximum absolute atomic E-state index is 12.8. The number of urea groups is 1. The highest BCUT2D eigenvalue weighted by Gasteiger charge is 2.32. The third-order valence-electron chi connectivity index (χ3n) is 4.25. The summed E-state index contributed by atoms with van der Waals surface area (Å²) in [6, 6.07) is 10.2. The SMILES string of the molecule is CCC1CN(c2cccc(Br)c2-c2ccc(C(F)(F)F)cc2)C(=O)N1. The van der Waals surface area contributed by atoms with Gasteiger partial charge >= 0.3 is 12.2 Å². The summed E-state index contributed by atoms with van der Waals surface area (Å²) < 4.78 is 39.1. The zero-order valence-electron chi connectivity index (χ0n) is 13.4. The molecule has 25 heavy (non-hydrogen) atoms. The molecule has 1 fully saturated rings. The van der Waals surface area contributed by atoms with Crippen molar-refractivity contribution in [2.45, 2.75) is 25.6 Å². The van der Waals surface area contributed by atoms with E-state index in [2.05, 4.69) is 21.2 Å². The van der Waals surface area contributed by atoms with Crippen LogP contribution in [0.3, 0.4) is 0 Å². The first kappa shape index (κ1) is 17.8. The molecule has 1 aliphatic heterocycles. The first-order valence-corrected chi connectivity index (χ1v) is 8.64. The molecule has 0 saturated carbocycles. The summed E-state index contributed by atoms with van der Waals surface area (Å²) in [5, 5.41) is 2.90. The Bertz CT molecular complexity index is 790. The van der Waals surface area contributed by atoms with Gasteiger partial charge in [-0.15, -0.1) is 0 Å². The lowest BCUT2D eigenvalue weighted by Gasteiger charge is -2.20. The van der Waals surface area contributed by atoms with Crippen molar-refractivity contribution in [1.82, 2.24) is 5.32 Å². The molecule has 1 aliphatic rings. The number of alkyl halides is 3. The number of hydrogen-bond acceptors (Lipinski definition) is 1. The molecule has 2 aromatic rings. The molecule has 0 spiro atoms. The summed E-state index contributed by atoms with van der Waals surface area (Å²) in [6.07, 6.45) is -3.57. The number of amides is 2. The van der Waals surface area contributed by atoms with Crippen molar-refractivity contribution in [2.24, 2.45) is 0 Å². The van der Waals surface area contributed by atoms with Crippen molar-refractivity contribution in [2.75, 3.05) is 11.4 Å². The second-order valence-electron chi connectivity index (χ2n) is 5.87. The fourth-order valence-electron chi connectivity index (χ4n) is 2.89. The van der Waals surface area contributed by atoms with E-state index in [1.54, 1.807) is 17.0 Å². The van der Waals surface area contributed by atoms with Crippen LogP contribution in [0.1, 0.15) is 18.9 Å². The molecular weight excluding hydrogens is 397 g/mol. The van der Waals surface area contributed by atoms with Crippen LogP contribution >= 0.6 is 15.9 Å². The fourth-order valence-corrected chi connectivity index (χ4v) is 3.47. The third kappa shape index (κ3) is 3.51. The van der Waals surface area contributed by atoms with E-state index in [4.69, 9.17) is 0 Å². The zero-order valence-corrected chi connectivity index (χ0v) is 15.0. The lowest BCUT2D eigenvalue weighted by molar-refractivity contribution is -0.137. The number of nitrogens with one attached hydrogen (secondary N) is 1. The van der Waals surface area contributed by atoms with Crippen LogP contribution in [0.4, 0.5) is 23.7 Å². The average Bonchev–Trinajstić information content (AvgIpc) is 2.95. The van der Waals surface area contributed by atoms with Crippen LogP contribution in [0.15, 0.2) is 46.9 Å². The molecule has 1 atom stereocenters. The van der Waals surface area contributed by atoms with E-state index in [-0.39, 0.29) is 12.1 Å². The second kappa shape index (κ2) is 6.71. The van der Waals surface area contributed by atoms with Gasteiger partial charge in [-0.25, -0.2) is 4.79 Å². The van der Waals surface area contributed by atoms with Crippen LogP contribution in [0.2, 0.25) is 0 Å². The summed E-state index contributed by atoms with van der Waals surface area (Å²) in [5.41, 5.74) is 1.28. The van der Waals surface area contributed by atoms with Gasteiger partial charge in [-0.1, -0.05) is 41.1 Å². The molecule has 132 valence electrons. The maximum atomic E-state index is 12.8. The highest BCUT2D eigenvalue weighted by Crippen LogP contribution is 2.39. The predicted octanol–water partition coefficient (Wildman–Crippen LogP) is 5.44. The quantitative estimate of drug-likeness (QED) is 0.714. The number of rotatable bonds is 3. The Morgan fingerprint density at radius 3 is 2.44 bits per heavy atom. The Balaban J connectivity index is 2.04. The molecule has 0 bridgehead atoms. The van der Waals surface area contributed by atoms with E-state index in [0.717, 1.165) is 23.0 Å². The van der Waals surface area contributed by atoms with Gasteiger partial charge in [-0.3, -0.25) is 4.90 Å². The second-order valence-corrected chi connectivity index (χ2v) is 6.73. The molecule has 0 aromatic heterocycles. The van der Waals surface area contributed by atoms with Gasteiger partial charge in [0.15, 0.2) is 0 Å². The molecular formula is C18H16BrF3N2O. The molecule has 0 radical (unpaired) electrons. The Hall–Kier alpha value is -2.02. The normalized spacial score (nSPS) is 17.7. The van der Waals surface area contributed by atoms with E-state index in [9.17, 15) is 18.0 Å². The molecule has 2 aromatic carbocycles. The van der Waals surface area contributed by atoms with E-state index in [0.29, 0.717) is 23.4 Å². The molecule has 7 heteroatoms. The predicted molar refractivity (Wildman–Crippen MR) is 94.5 cm³/mol. The topological polar surface area (TPSA) is 32.3 Å². The van der Waals surface area contributed by atoms with Gasteiger partial charge in [-0.05, 0) is 36.2 Å². The Morgan fingerprint density at radius 2 is 1.88 bits per heavy atom. The molecule has 1 N–H and O–H groups in total. The van der Waals surface area contributed by atoms with Gasteiger partial charge in [0, 0.05) is 22.6 Å². The summed E-state index contributed by atoms with van der Waals surface area (Å²) in [7, 11) is 0. The van der Waals surface area contributed by atoms with Crippen molar-refractivity contribution in [1.29, 1.82) is 0 Å². The van der Waals surface area contributed by atoms with Crippen molar-refractivity contribution < 1.29 is 18.0 Å². The minimum absolute atomic E-state index is 0.0620. The number of halogens is 4. The molecule has 3 rings (SSSR count). The number of benzene rings is 2. The first-order chi connectivity index (χ1) is 11.8. The molecule has 1 saturated heterocycles. The lowest BCUT2D eigenvalue weighted by atomic mass is 10.0. The molecule has 3 nitrogen and oxygen atoms in total. The minimum Gasteiger partial charge on any atom is -0.333 e. The Morgan fingerprint density at radius 1 is 1.20 bits per heavy atom. The molecule has 1 heterocycles. The highest BCUT2D eigenvalue weighted by molar-refractivity contribution is 9.10. The largest absolute Gasteiger partial charge is 0.416 e. The fraction of sp³-hybridized carbons (Fsp3) is 0.278. The van der Waals surface area contributed by atoms with Crippen LogP contribution in [0.5, 0.6) is 0 Å². The summed E-state index contributed by atoms with van der Waals surface area (Å²) in [4.78, 5) is 13.9. The van der Waals surface area contributed by atoms with Crippen LogP contribution in [-0.4, -0.2) is 18.6 Å². The zero-order chi connectivity index (χ0) is 18.2. The Labute approximate surface area is 152 Å². The summed E-state index contributed by atoms with van der Waals surface area (Å²) >= 11 is 3.46. The average molecular weight is 413 g/mol. The van der Waals surface area contributed by atoms with Gasteiger partial charge in [0.05, 0.1) is 11.3 Å². The van der Waals surface area contributed by atoms with Crippen LogP contribution < -0.4 is 10.2 Å². The highest BCUT2D eigenvalue weighted by atomic mass is 79.9.